The molecule has 1 aliphatic rings. The molecule has 0 saturated carbocycles. The Morgan fingerprint density at radius 1 is 1.67 bits per heavy atom. The molecule has 0 aromatic rings. The minimum Gasteiger partial charge on any atom is -0.361 e. The quantitative estimate of drug-likeness (QED) is 0.572. The molecule has 0 bridgehead atoms. The molecule has 1 heterocycles. The molecule has 1 saturated heterocycles. The number of thioether (sulfide) groups is 1. The zero-order valence-corrected chi connectivity index (χ0v) is 5.83. The Balaban J connectivity index is 1.94. The summed E-state index contributed by atoms with van der Waals surface area (Å²) in [5.74, 6) is 0. The molecule has 54 valence electrons. The van der Waals surface area contributed by atoms with Crippen LogP contribution in [0.1, 0.15) is 6.92 Å². The van der Waals surface area contributed by atoms with Gasteiger partial charge >= 0.3 is 0 Å². The van der Waals surface area contributed by atoms with E-state index in [9.17, 15) is 8.78 Å². The fourth-order valence-corrected chi connectivity index (χ4v) is 1.08. The lowest BCUT2D eigenvalue weighted by atomic mass is 10.5. The highest BCUT2D eigenvalue weighted by atomic mass is 32.2. The summed E-state index contributed by atoms with van der Waals surface area (Å²) in [4.78, 5) is 0. The number of rotatable bonds is 3. The molecule has 0 aromatic carbocycles. The highest BCUT2D eigenvalue weighted by Gasteiger charge is 2.35. The molecule has 0 radical (unpaired) electrons. The van der Waals surface area contributed by atoms with Crippen molar-refractivity contribution in [1.29, 1.82) is 0 Å². The van der Waals surface area contributed by atoms with Crippen molar-refractivity contribution in [2.75, 3.05) is 6.61 Å². The van der Waals surface area contributed by atoms with E-state index < -0.39 is 13.0 Å². The summed E-state index contributed by atoms with van der Waals surface area (Å²) in [5.41, 5.74) is 0.0407. The van der Waals surface area contributed by atoms with Crippen LogP contribution in [0.3, 0.4) is 0 Å². The van der Waals surface area contributed by atoms with E-state index in [1.807, 2.05) is 6.92 Å². The van der Waals surface area contributed by atoms with Crippen molar-refractivity contribution in [2.45, 2.75) is 24.0 Å². The molecule has 1 aliphatic heterocycles. The van der Waals surface area contributed by atoms with Gasteiger partial charge in [0.05, 0.1) is 0 Å². The monoisotopic (exact) mass is 154 g/mol. The summed E-state index contributed by atoms with van der Waals surface area (Å²) >= 11 is 1.58. The third kappa shape index (κ3) is 2.49. The van der Waals surface area contributed by atoms with Crippen molar-refractivity contribution in [3.8, 4) is 0 Å². The second-order valence-electron chi connectivity index (χ2n) is 1.93. The topological polar surface area (TPSA) is 9.23 Å². The van der Waals surface area contributed by atoms with Crippen molar-refractivity contribution < 1.29 is 13.5 Å². The Morgan fingerprint density at radius 3 is 2.56 bits per heavy atom. The van der Waals surface area contributed by atoms with E-state index in [1.54, 1.807) is 11.8 Å². The molecule has 0 aliphatic carbocycles. The van der Waals surface area contributed by atoms with E-state index in [-0.39, 0.29) is 5.44 Å². The fourth-order valence-electron chi connectivity index (χ4n) is 0.509. The SMILES string of the molecule is CC1SC1OCC(F)F. The predicted molar refractivity (Wildman–Crippen MR) is 32.8 cm³/mol. The number of ether oxygens (including phenoxy) is 1. The third-order valence-electron chi connectivity index (χ3n) is 1.04. The summed E-state index contributed by atoms with van der Waals surface area (Å²) in [6, 6.07) is 0. The number of hydrogen-bond donors (Lipinski definition) is 0. The Hall–Kier alpha value is 0.170. The molecule has 0 amide bonds. The van der Waals surface area contributed by atoms with Gasteiger partial charge in [-0.25, -0.2) is 8.78 Å². The van der Waals surface area contributed by atoms with Gasteiger partial charge in [0.25, 0.3) is 6.43 Å². The average molecular weight is 154 g/mol. The molecule has 0 spiro atoms. The maximum atomic E-state index is 11.4. The van der Waals surface area contributed by atoms with Crippen LogP contribution < -0.4 is 0 Å². The van der Waals surface area contributed by atoms with Gasteiger partial charge in [0.2, 0.25) is 0 Å². The first-order chi connectivity index (χ1) is 4.20. The van der Waals surface area contributed by atoms with Gasteiger partial charge < -0.3 is 4.74 Å². The van der Waals surface area contributed by atoms with Crippen LogP contribution in [0.25, 0.3) is 0 Å². The van der Waals surface area contributed by atoms with Crippen molar-refractivity contribution in [1.82, 2.24) is 0 Å². The van der Waals surface area contributed by atoms with Crippen LogP contribution in [0.2, 0.25) is 0 Å². The minimum absolute atomic E-state index is 0.0407. The maximum Gasteiger partial charge on any atom is 0.261 e. The molecule has 1 fully saturated rings. The first-order valence-electron chi connectivity index (χ1n) is 2.75. The molecule has 2 unspecified atom stereocenters. The normalized spacial score (nSPS) is 33.3. The van der Waals surface area contributed by atoms with Gasteiger partial charge in [0.1, 0.15) is 12.0 Å². The first kappa shape index (κ1) is 7.28. The molecule has 1 nitrogen and oxygen atoms in total. The van der Waals surface area contributed by atoms with E-state index in [1.165, 1.54) is 0 Å². The van der Waals surface area contributed by atoms with Crippen LogP contribution in [0.15, 0.2) is 0 Å². The van der Waals surface area contributed by atoms with Crippen LogP contribution in [-0.4, -0.2) is 23.7 Å². The Labute approximate surface area is 56.8 Å². The van der Waals surface area contributed by atoms with E-state index in [2.05, 4.69) is 0 Å². The van der Waals surface area contributed by atoms with Gasteiger partial charge in [-0.05, 0) is 6.92 Å². The summed E-state index contributed by atoms with van der Waals surface area (Å²) in [6.45, 7) is 1.54. The number of halogens is 2. The van der Waals surface area contributed by atoms with Gasteiger partial charge in [0.15, 0.2) is 0 Å². The molecule has 0 N–H and O–H groups in total. The third-order valence-corrected chi connectivity index (χ3v) is 2.22. The standard InChI is InChI=1S/C5H8F2OS/c1-3-5(9-3)8-2-4(6)7/h3-5H,2H2,1H3. The molecule has 0 aromatic heterocycles. The Kier molecular flexibility index (Phi) is 2.29. The molecular weight excluding hydrogens is 146 g/mol. The Morgan fingerprint density at radius 2 is 2.22 bits per heavy atom. The number of alkyl halides is 2. The molecule has 9 heavy (non-hydrogen) atoms. The fraction of sp³-hybridized carbons (Fsp3) is 1.00. The van der Waals surface area contributed by atoms with E-state index >= 15 is 0 Å². The van der Waals surface area contributed by atoms with Gasteiger partial charge in [-0.2, -0.15) is 0 Å². The molecule has 4 heteroatoms. The van der Waals surface area contributed by atoms with Gasteiger partial charge in [0, 0.05) is 5.25 Å². The summed E-state index contributed by atoms with van der Waals surface area (Å²) < 4.78 is 27.6. The lowest BCUT2D eigenvalue weighted by molar-refractivity contribution is 0.0165. The summed E-state index contributed by atoms with van der Waals surface area (Å²) in [6.07, 6.45) is -2.32. The molecular formula is C5H8F2OS. The van der Waals surface area contributed by atoms with Gasteiger partial charge in [-0.15, -0.1) is 11.8 Å². The summed E-state index contributed by atoms with van der Waals surface area (Å²) in [5, 5.41) is 0.420. The number of hydrogen-bond acceptors (Lipinski definition) is 2. The van der Waals surface area contributed by atoms with E-state index in [4.69, 9.17) is 4.74 Å². The summed E-state index contributed by atoms with van der Waals surface area (Å²) in [7, 11) is 0. The maximum absolute atomic E-state index is 11.4. The highest BCUT2D eigenvalue weighted by molar-refractivity contribution is 8.07. The van der Waals surface area contributed by atoms with Crippen molar-refractivity contribution in [3.05, 3.63) is 0 Å². The van der Waals surface area contributed by atoms with E-state index in [0.717, 1.165) is 0 Å². The predicted octanol–water partition coefficient (Wildman–Crippen LogP) is 1.73. The van der Waals surface area contributed by atoms with Crippen LogP contribution in [0.5, 0.6) is 0 Å². The highest BCUT2D eigenvalue weighted by Crippen LogP contribution is 2.41. The average Bonchev–Trinajstić information content (AvgIpc) is 2.42. The van der Waals surface area contributed by atoms with Crippen LogP contribution >= 0.6 is 11.8 Å². The smallest absolute Gasteiger partial charge is 0.261 e. The zero-order valence-electron chi connectivity index (χ0n) is 5.01. The van der Waals surface area contributed by atoms with Gasteiger partial charge in [-0.3, -0.25) is 0 Å². The second kappa shape index (κ2) is 2.84. The van der Waals surface area contributed by atoms with Crippen LogP contribution in [-0.2, 0) is 4.74 Å². The van der Waals surface area contributed by atoms with Crippen LogP contribution in [0, 0.1) is 0 Å². The van der Waals surface area contributed by atoms with Crippen molar-refractivity contribution in [3.63, 3.8) is 0 Å². The first-order valence-corrected chi connectivity index (χ1v) is 3.69. The van der Waals surface area contributed by atoms with E-state index in [0.29, 0.717) is 5.25 Å². The second-order valence-corrected chi connectivity index (χ2v) is 3.41. The molecule has 2 atom stereocenters. The van der Waals surface area contributed by atoms with Crippen molar-refractivity contribution >= 4 is 11.8 Å². The zero-order chi connectivity index (χ0) is 6.85. The lowest BCUT2D eigenvalue weighted by Gasteiger charge is -1.97. The van der Waals surface area contributed by atoms with Crippen molar-refractivity contribution in [2.24, 2.45) is 0 Å². The van der Waals surface area contributed by atoms with Crippen LogP contribution in [0.4, 0.5) is 8.78 Å². The van der Waals surface area contributed by atoms with Gasteiger partial charge in [-0.1, -0.05) is 0 Å². The lowest BCUT2D eigenvalue weighted by Crippen LogP contribution is -2.06. The Bertz CT molecular complexity index is 99.0. The minimum atomic E-state index is -2.32. The largest absolute Gasteiger partial charge is 0.361 e. The molecule has 1 rings (SSSR count).